The van der Waals surface area contributed by atoms with Crippen molar-refractivity contribution >= 4 is 57.2 Å². The van der Waals surface area contributed by atoms with Gasteiger partial charge in [-0.05, 0) is 37.1 Å². The van der Waals surface area contributed by atoms with Gasteiger partial charge in [0, 0.05) is 6.54 Å². The number of carbonyl (C=O) groups excluding carboxylic acids is 1. The number of thiocarbonyl (C=S) groups is 1. The number of carboxylic acid groups (broad SMARTS) is 1. The molecule has 1 aliphatic heterocycles. The van der Waals surface area contributed by atoms with Crippen molar-refractivity contribution in [3.05, 3.63) is 50.2 Å². The second kappa shape index (κ2) is 7.05. The van der Waals surface area contributed by atoms with Crippen molar-refractivity contribution < 1.29 is 19.1 Å². The molecule has 0 aliphatic carbocycles. The lowest BCUT2D eigenvalue weighted by Gasteiger charge is -2.12. The van der Waals surface area contributed by atoms with Gasteiger partial charge < -0.3 is 9.52 Å². The smallest absolute Gasteiger partial charge is 0.305 e. The van der Waals surface area contributed by atoms with E-state index >= 15 is 0 Å². The molecule has 1 aromatic carbocycles. The quantitative estimate of drug-likeness (QED) is 0.635. The molecule has 0 bridgehead atoms. The first-order chi connectivity index (χ1) is 12.3. The van der Waals surface area contributed by atoms with E-state index in [1.807, 2.05) is 19.9 Å². The number of hydrogen-bond donors (Lipinski definition) is 1. The zero-order valence-corrected chi connectivity index (χ0v) is 15.7. The van der Waals surface area contributed by atoms with E-state index in [2.05, 4.69) is 0 Å². The molecule has 1 saturated heterocycles. The summed E-state index contributed by atoms with van der Waals surface area (Å²) >= 11 is 6.18. The average Bonchev–Trinajstić information content (AvgIpc) is 2.81. The van der Waals surface area contributed by atoms with E-state index in [-0.39, 0.29) is 33.2 Å². The number of hydrogen-bond acceptors (Lipinski definition) is 6. The average molecular weight is 389 g/mol. The minimum atomic E-state index is -1.01. The first-order valence-electron chi connectivity index (χ1n) is 7.78. The van der Waals surface area contributed by atoms with E-state index < -0.39 is 11.9 Å². The van der Waals surface area contributed by atoms with E-state index in [4.69, 9.17) is 21.7 Å². The SMILES string of the molecule is Cc1cc(C)c2c(=O)c(/C=C3/SC(=S)N(CCC(=O)O)C3=O)coc2c1. The highest BCUT2D eigenvalue weighted by Gasteiger charge is 2.32. The highest BCUT2D eigenvalue weighted by atomic mass is 32.2. The molecule has 2 heterocycles. The van der Waals surface area contributed by atoms with Gasteiger partial charge in [-0.3, -0.25) is 19.3 Å². The van der Waals surface area contributed by atoms with Gasteiger partial charge in [0.1, 0.15) is 16.2 Å². The van der Waals surface area contributed by atoms with Crippen LogP contribution in [-0.2, 0) is 9.59 Å². The molecule has 1 fully saturated rings. The third kappa shape index (κ3) is 3.42. The number of benzene rings is 1. The van der Waals surface area contributed by atoms with Gasteiger partial charge in [0.15, 0.2) is 5.43 Å². The molecule has 8 heteroatoms. The Bertz CT molecular complexity index is 1040. The number of carboxylic acids is 1. The van der Waals surface area contributed by atoms with Crippen LogP contribution in [0.4, 0.5) is 0 Å². The van der Waals surface area contributed by atoms with Gasteiger partial charge in [0.25, 0.3) is 5.91 Å². The summed E-state index contributed by atoms with van der Waals surface area (Å²) in [7, 11) is 0. The van der Waals surface area contributed by atoms with E-state index in [1.54, 1.807) is 6.07 Å². The van der Waals surface area contributed by atoms with Gasteiger partial charge in [0.2, 0.25) is 0 Å². The largest absolute Gasteiger partial charge is 0.481 e. The van der Waals surface area contributed by atoms with Gasteiger partial charge in [-0.2, -0.15) is 0 Å². The Hall–Kier alpha value is -2.45. The lowest BCUT2D eigenvalue weighted by Crippen LogP contribution is -2.30. The summed E-state index contributed by atoms with van der Waals surface area (Å²) in [6, 6.07) is 3.69. The standard InChI is InChI=1S/C18H15NO5S2/c1-9-5-10(2)15-12(6-9)24-8-11(16(15)22)7-13-17(23)19(18(25)26-13)4-3-14(20)21/h5-8H,3-4H2,1-2H3,(H,20,21)/b13-7+. The van der Waals surface area contributed by atoms with E-state index in [9.17, 15) is 14.4 Å². The van der Waals surface area contributed by atoms with Crippen LogP contribution in [0.3, 0.4) is 0 Å². The van der Waals surface area contributed by atoms with Gasteiger partial charge in [-0.1, -0.05) is 30.0 Å². The first kappa shape index (κ1) is 18.3. The number of rotatable bonds is 4. The summed E-state index contributed by atoms with van der Waals surface area (Å²) in [6.45, 7) is 3.76. The van der Waals surface area contributed by atoms with Crippen LogP contribution >= 0.6 is 24.0 Å². The third-order valence-corrected chi connectivity index (χ3v) is 5.33. The molecule has 1 aromatic heterocycles. The van der Waals surface area contributed by atoms with E-state index in [0.29, 0.717) is 11.0 Å². The number of aryl methyl sites for hydroxylation is 2. The Labute approximate surface area is 158 Å². The minimum Gasteiger partial charge on any atom is -0.481 e. The van der Waals surface area contributed by atoms with Crippen molar-refractivity contribution in [2.75, 3.05) is 6.54 Å². The second-order valence-electron chi connectivity index (χ2n) is 5.95. The number of nitrogens with zero attached hydrogens (tertiary/aromatic N) is 1. The van der Waals surface area contributed by atoms with Crippen LogP contribution in [0.25, 0.3) is 17.0 Å². The Balaban J connectivity index is 1.99. The molecule has 0 unspecified atom stereocenters. The fraction of sp³-hybridized carbons (Fsp3) is 0.222. The molecule has 6 nitrogen and oxygen atoms in total. The summed E-state index contributed by atoms with van der Waals surface area (Å²) in [4.78, 5) is 37.4. The van der Waals surface area contributed by atoms with Crippen LogP contribution in [0.1, 0.15) is 23.1 Å². The lowest BCUT2D eigenvalue weighted by atomic mass is 10.0. The Kier molecular flexibility index (Phi) is 4.97. The van der Waals surface area contributed by atoms with Crippen molar-refractivity contribution in [3.8, 4) is 0 Å². The van der Waals surface area contributed by atoms with Gasteiger partial charge >= 0.3 is 5.97 Å². The van der Waals surface area contributed by atoms with Crippen molar-refractivity contribution in [2.24, 2.45) is 0 Å². The van der Waals surface area contributed by atoms with Crippen LogP contribution in [0.15, 0.2) is 32.5 Å². The van der Waals surface area contributed by atoms with Crippen molar-refractivity contribution in [3.63, 3.8) is 0 Å². The molecular weight excluding hydrogens is 374 g/mol. The zero-order chi connectivity index (χ0) is 19.0. The monoisotopic (exact) mass is 389 g/mol. The number of thioether (sulfide) groups is 1. The van der Waals surface area contributed by atoms with Gasteiger partial charge in [-0.15, -0.1) is 0 Å². The zero-order valence-electron chi connectivity index (χ0n) is 14.1. The van der Waals surface area contributed by atoms with Gasteiger partial charge in [0.05, 0.1) is 22.3 Å². The summed E-state index contributed by atoms with van der Waals surface area (Å²) < 4.78 is 5.85. The van der Waals surface area contributed by atoms with Crippen LogP contribution in [0.5, 0.6) is 0 Å². The minimum absolute atomic E-state index is 0.00204. The molecule has 1 N–H and O–H groups in total. The van der Waals surface area contributed by atoms with Gasteiger partial charge in [-0.25, -0.2) is 0 Å². The molecule has 0 spiro atoms. The number of aliphatic carboxylic acids is 1. The summed E-state index contributed by atoms with van der Waals surface area (Å²) in [5.41, 5.74) is 2.32. The fourth-order valence-electron chi connectivity index (χ4n) is 2.78. The predicted molar refractivity (Wildman–Crippen MR) is 104 cm³/mol. The summed E-state index contributed by atoms with van der Waals surface area (Å²) in [6.07, 6.45) is 2.58. The van der Waals surface area contributed by atoms with Crippen molar-refractivity contribution in [2.45, 2.75) is 20.3 Å². The molecule has 26 heavy (non-hydrogen) atoms. The Morgan fingerprint density at radius 1 is 1.35 bits per heavy atom. The van der Waals surface area contributed by atoms with Crippen LogP contribution < -0.4 is 5.43 Å². The normalized spacial score (nSPS) is 16.1. The summed E-state index contributed by atoms with van der Waals surface area (Å²) in [5.74, 6) is -1.41. The van der Waals surface area contributed by atoms with E-state index in [1.165, 1.54) is 17.2 Å². The summed E-state index contributed by atoms with van der Waals surface area (Å²) in [5, 5.41) is 9.25. The molecule has 3 rings (SSSR count). The second-order valence-corrected chi connectivity index (χ2v) is 7.63. The molecular formula is C18H15NO5S2. The topological polar surface area (TPSA) is 87.8 Å². The number of carbonyl (C=O) groups is 2. The maximum atomic E-state index is 12.8. The lowest BCUT2D eigenvalue weighted by molar-refractivity contribution is -0.137. The highest BCUT2D eigenvalue weighted by molar-refractivity contribution is 8.26. The molecule has 0 atom stereocenters. The van der Waals surface area contributed by atoms with Crippen LogP contribution in [0, 0.1) is 13.8 Å². The fourth-order valence-corrected chi connectivity index (χ4v) is 4.08. The Morgan fingerprint density at radius 2 is 2.08 bits per heavy atom. The van der Waals surface area contributed by atoms with Crippen LogP contribution in [0.2, 0.25) is 0 Å². The molecule has 134 valence electrons. The molecule has 1 aliphatic rings. The predicted octanol–water partition coefficient (Wildman–Crippen LogP) is 3.09. The third-order valence-electron chi connectivity index (χ3n) is 3.96. The molecule has 1 amide bonds. The highest BCUT2D eigenvalue weighted by Crippen LogP contribution is 2.32. The number of amides is 1. The van der Waals surface area contributed by atoms with Crippen molar-refractivity contribution in [1.82, 2.24) is 4.90 Å². The van der Waals surface area contributed by atoms with Crippen molar-refractivity contribution in [1.29, 1.82) is 0 Å². The molecule has 0 saturated carbocycles. The van der Waals surface area contributed by atoms with E-state index in [0.717, 1.165) is 22.9 Å². The maximum Gasteiger partial charge on any atom is 0.305 e. The number of fused-ring (bicyclic) bond motifs is 1. The maximum absolute atomic E-state index is 12.8. The molecule has 0 radical (unpaired) electrons. The molecule has 2 aromatic rings. The first-order valence-corrected chi connectivity index (χ1v) is 9.00. The van der Waals surface area contributed by atoms with Crippen LogP contribution in [-0.4, -0.2) is 32.7 Å². The Morgan fingerprint density at radius 3 is 2.77 bits per heavy atom.